The van der Waals surface area contributed by atoms with Crippen LogP contribution in [-0.2, 0) is 0 Å². The minimum atomic E-state index is -0.348. The molecule has 0 aliphatic carbocycles. The van der Waals surface area contributed by atoms with E-state index >= 15 is 0 Å². The fraction of sp³-hybridized carbons (Fsp3) is 0.500. The van der Waals surface area contributed by atoms with Crippen LogP contribution < -0.4 is 4.74 Å². The van der Waals surface area contributed by atoms with E-state index in [0.29, 0.717) is 24.3 Å². The van der Waals surface area contributed by atoms with E-state index in [1.165, 1.54) is 25.0 Å². The van der Waals surface area contributed by atoms with E-state index in [2.05, 4.69) is 18.8 Å². The summed E-state index contributed by atoms with van der Waals surface area (Å²) < 4.78 is 18.9. The molecule has 0 atom stereocenters. The Morgan fingerprint density at radius 1 is 1.21 bits per heavy atom. The molecule has 0 aromatic heterocycles. The molecule has 0 fully saturated rings. The lowest BCUT2D eigenvalue weighted by molar-refractivity contribution is 0.303. The van der Waals surface area contributed by atoms with Gasteiger partial charge in [-0.1, -0.05) is 38.0 Å². The van der Waals surface area contributed by atoms with Crippen molar-refractivity contribution < 1.29 is 14.2 Å². The van der Waals surface area contributed by atoms with Crippen molar-refractivity contribution in [2.45, 2.75) is 39.0 Å². The van der Waals surface area contributed by atoms with Gasteiger partial charge in [-0.3, -0.25) is 0 Å². The van der Waals surface area contributed by atoms with Crippen molar-refractivity contribution in [2.75, 3.05) is 13.2 Å². The molecule has 0 spiro atoms. The molecule has 1 rings (SSSR count). The van der Waals surface area contributed by atoms with Crippen molar-refractivity contribution in [3.63, 3.8) is 0 Å². The van der Waals surface area contributed by atoms with Crippen LogP contribution in [0.25, 0.3) is 0 Å². The van der Waals surface area contributed by atoms with Crippen LogP contribution in [0, 0.1) is 17.7 Å². The average Bonchev–Trinajstić information content (AvgIpc) is 2.38. The Kier molecular flexibility index (Phi) is 7.69. The molecular weight excluding hydrogens is 243 g/mol. The lowest BCUT2D eigenvalue weighted by Gasteiger charge is -2.06. The molecule has 0 saturated heterocycles. The molecule has 1 N–H and O–H groups in total. The molecule has 0 unspecified atom stereocenters. The van der Waals surface area contributed by atoms with Crippen molar-refractivity contribution in [3.8, 4) is 17.6 Å². The van der Waals surface area contributed by atoms with Crippen molar-refractivity contribution in [1.29, 1.82) is 0 Å². The number of ether oxygens (including phenoxy) is 1. The molecule has 0 aliphatic heterocycles. The van der Waals surface area contributed by atoms with Gasteiger partial charge in [0, 0.05) is 18.1 Å². The van der Waals surface area contributed by atoms with Gasteiger partial charge >= 0.3 is 0 Å². The van der Waals surface area contributed by atoms with Gasteiger partial charge in [-0.15, -0.1) is 0 Å². The first kappa shape index (κ1) is 15.5. The maximum Gasteiger partial charge on any atom is 0.128 e. The molecule has 0 bridgehead atoms. The first-order valence-electron chi connectivity index (χ1n) is 6.79. The molecule has 0 radical (unpaired) electrons. The van der Waals surface area contributed by atoms with E-state index < -0.39 is 0 Å². The Balaban J connectivity index is 2.52. The van der Waals surface area contributed by atoms with Gasteiger partial charge in [0.15, 0.2) is 0 Å². The Labute approximate surface area is 114 Å². The number of hydrogen-bond donors (Lipinski definition) is 1. The van der Waals surface area contributed by atoms with Gasteiger partial charge in [-0.25, -0.2) is 4.39 Å². The number of benzene rings is 1. The lowest BCUT2D eigenvalue weighted by atomic mass is 10.2. The Hall–Kier alpha value is -1.53. The molecule has 0 saturated carbocycles. The maximum absolute atomic E-state index is 13.4. The highest BCUT2D eigenvalue weighted by Crippen LogP contribution is 2.16. The van der Waals surface area contributed by atoms with E-state index in [1.54, 1.807) is 6.07 Å². The van der Waals surface area contributed by atoms with Crippen molar-refractivity contribution in [2.24, 2.45) is 0 Å². The van der Waals surface area contributed by atoms with Crippen LogP contribution in [-0.4, -0.2) is 18.3 Å². The lowest BCUT2D eigenvalue weighted by Crippen LogP contribution is -1.98. The third-order valence-electron chi connectivity index (χ3n) is 2.61. The summed E-state index contributed by atoms with van der Waals surface area (Å²) in [5, 5.41) is 8.64. The van der Waals surface area contributed by atoms with E-state index in [1.807, 2.05) is 0 Å². The Bertz CT molecular complexity index is 432. The molecule has 1 aromatic rings. The van der Waals surface area contributed by atoms with Gasteiger partial charge in [-0.05, 0) is 18.6 Å². The molecule has 104 valence electrons. The van der Waals surface area contributed by atoms with Gasteiger partial charge in [0.1, 0.15) is 11.6 Å². The Morgan fingerprint density at radius 2 is 2.05 bits per heavy atom. The third kappa shape index (κ3) is 6.83. The maximum atomic E-state index is 13.4. The fourth-order valence-electron chi connectivity index (χ4n) is 1.66. The van der Waals surface area contributed by atoms with Crippen LogP contribution in [0.5, 0.6) is 5.75 Å². The first-order valence-corrected chi connectivity index (χ1v) is 6.79. The smallest absolute Gasteiger partial charge is 0.128 e. The number of aliphatic hydroxyl groups is 1. The second-order valence-electron chi connectivity index (χ2n) is 4.36. The van der Waals surface area contributed by atoms with Gasteiger partial charge in [0.05, 0.1) is 13.2 Å². The standard InChI is InChI=1S/C16H21FO2/c1-2-3-4-7-10-19-16-12-14(8-5-6-9-18)11-15(17)13-16/h11-13,18H,2-4,6-7,9-10H2,1H3. The van der Waals surface area contributed by atoms with Gasteiger partial charge in [0.2, 0.25) is 0 Å². The summed E-state index contributed by atoms with van der Waals surface area (Å²) in [5.41, 5.74) is 0.581. The summed E-state index contributed by atoms with van der Waals surface area (Å²) in [4.78, 5) is 0. The topological polar surface area (TPSA) is 29.5 Å². The summed E-state index contributed by atoms with van der Waals surface area (Å²) in [7, 11) is 0. The molecule has 0 aliphatic rings. The summed E-state index contributed by atoms with van der Waals surface area (Å²) in [6.07, 6.45) is 4.89. The number of unbranched alkanes of at least 4 members (excludes halogenated alkanes) is 3. The van der Waals surface area contributed by atoms with Crippen LogP contribution in [0.4, 0.5) is 4.39 Å². The number of aliphatic hydroxyl groups excluding tert-OH is 1. The van der Waals surface area contributed by atoms with E-state index in [4.69, 9.17) is 9.84 Å². The molecule has 2 nitrogen and oxygen atoms in total. The highest BCUT2D eigenvalue weighted by atomic mass is 19.1. The monoisotopic (exact) mass is 264 g/mol. The van der Waals surface area contributed by atoms with Crippen LogP contribution >= 0.6 is 0 Å². The Morgan fingerprint density at radius 3 is 2.79 bits per heavy atom. The first-order chi connectivity index (χ1) is 9.26. The predicted octanol–water partition coefficient (Wildman–Crippen LogP) is 3.52. The minimum absolute atomic E-state index is 0.0170. The van der Waals surface area contributed by atoms with Crippen LogP contribution in [0.2, 0.25) is 0 Å². The number of hydrogen-bond acceptors (Lipinski definition) is 2. The zero-order valence-corrected chi connectivity index (χ0v) is 11.4. The molecule has 1 aromatic carbocycles. The average molecular weight is 264 g/mol. The molecule has 0 amide bonds. The van der Waals surface area contributed by atoms with Crippen molar-refractivity contribution in [3.05, 3.63) is 29.6 Å². The second-order valence-corrected chi connectivity index (χ2v) is 4.36. The van der Waals surface area contributed by atoms with E-state index in [-0.39, 0.29) is 12.4 Å². The van der Waals surface area contributed by atoms with E-state index in [9.17, 15) is 4.39 Å². The normalized spacial score (nSPS) is 9.84. The van der Waals surface area contributed by atoms with Gasteiger partial charge < -0.3 is 9.84 Å². The third-order valence-corrected chi connectivity index (χ3v) is 2.61. The quantitative estimate of drug-likeness (QED) is 0.603. The van der Waals surface area contributed by atoms with E-state index in [0.717, 1.165) is 12.8 Å². The highest BCUT2D eigenvalue weighted by Gasteiger charge is 2.00. The van der Waals surface area contributed by atoms with Gasteiger partial charge in [0.25, 0.3) is 0 Å². The summed E-state index contributed by atoms with van der Waals surface area (Å²) in [6.45, 7) is 2.78. The SMILES string of the molecule is CCCCCCOc1cc(F)cc(C#CCCO)c1. The zero-order valence-electron chi connectivity index (χ0n) is 11.4. The predicted molar refractivity (Wildman–Crippen MR) is 74.6 cm³/mol. The zero-order chi connectivity index (χ0) is 13.9. The molecule has 3 heteroatoms. The molecular formula is C16H21FO2. The fourth-order valence-corrected chi connectivity index (χ4v) is 1.66. The van der Waals surface area contributed by atoms with Crippen molar-refractivity contribution in [1.82, 2.24) is 0 Å². The minimum Gasteiger partial charge on any atom is -0.493 e. The van der Waals surface area contributed by atoms with Crippen molar-refractivity contribution >= 4 is 0 Å². The van der Waals surface area contributed by atoms with Crippen LogP contribution in [0.1, 0.15) is 44.6 Å². The summed E-state index contributed by atoms with van der Waals surface area (Å²) >= 11 is 0. The van der Waals surface area contributed by atoms with Crippen LogP contribution in [0.3, 0.4) is 0 Å². The number of halogens is 1. The second kappa shape index (κ2) is 9.41. The molecule has 0 heterocycles. The largest absolute Gasteiger partial charge is 0.493 e. The highest BCUT2D eigenvalue weighted by molar-refractivity contribution is 5.40. The number of rotatable bonds is 7. The van der Waals surface area contributed by atoms with Crippen LogP contribution in [0.15, 0.2) is 18.2 Å². The molecule has 19 heavy (non-hydrogen) atoms. The van der Waals surface area contributed by atoms with Gasteiger partial charge in [-0.2, -0.15) is 0 Å². The summed E-state index contributed by atoms with van der Waals surface area (Å²) in [6, 6.07) is 4.47. The summed E-state index contributed by atoms with van der Waals surface area (Å²) in [5.74, 6) is 5.75.